The Hall–Kier alpha value is -1.58. The van der Waals surface area contributed by atoms with Crippen LogP contribution in [0.5, 0.6) is 0 Å². The molecule has 1 N–H and O–H groups in total. The Balaban J connectivity index is 2.16. The normalized spacial score (nSPS) is 13.9. The van der Waals surface area contributed by atoms with Crippen molar-refractivity contribution in [1.29, 1.82) is 0 Å². The van der Waals surface area contributed by atoms with Gasteiger partial charge in [-0.05, 0) is 30.2 Å². The molecule has 1 aromatic heterocycles. The molecule has 132 valence electrons. The fourth-order valence-electron chi connectivity index (χ4n) is 2.08. The summed E-state index contributed by atoms with van der Waals surface area (Å²) in [4.78, 5) is -0.842. The molecule has 2 aromatic rings. The topological polar surface area (TPSA) is 64.0 Å². The minimum atomic E-state index is -4.82. The lowest BCUT2D eigenvalue weighted by molar-refractivity contribution is -0.139. The fraction of sp³-hybridized carbons (Fsp3) is 0.357. The van der Waals surface area contributed by atoms with Crippen molar-refractivity contribution < 1.29 is 21.6 Å². The maximum absolute atomic E-state index is 13.0. The molecule has 1 aromatic carbocycles. The van der Waals surface area contributed by atoms with Gasteiger partial charge in [-0.15, -0.1) is 0 Å². The summed E-state index contributed by atoms with van der Waals surface area (Å²) in [5.74, 6) is -0.165. The van der Waals surface area contributed by atoms with Crippen molar-refractivity contribution in [3.63, 3.8) is 0 Å². The molecular formula is C14H15ClF3N3O2S. The van der Waals surface area contributed by atoms with Gasteiger partial charge in [-0.2, -0.15) is 18.3 Å². The van der Waals surface area contributed by atoms with E-state index in [-0.39, 0.29) is 17.5 Å². The smallest absolute Gasteiger partial charge is 0.272 e. The second-order valence-electron chi connectivity index (χ2n) is 5.32. The average molecular weight is 382 g/mol. The SMILES string of the molecule is CC(CNS(=O)(=O)c1ccc(Cl)cc1C(F)(F)F)Cn1cccn1. The highest BCUT2D eigenvalue weighted by molar-refractivity contribution is 7.89. The number of rotatable bonds is 6. The molecule has 0 radical (unpaired) electrons. The Bertz CT molecular complexity index is 792. The van der Waals surface area contributed by atoms with Gasteiger partial charge in [-0.3, -0.25) is 4.68 Å². The average Bonchev–Trinajstić information content (AvgIpc) is 2.97. The third-order valence-electron chi connectivity index (χ3n) is 3.22. The van der Waals surface area contributed by atoms with Crippen LogP contribution in [0.25, 0.3) is 0 Å². The highest BCUT2D eigenvalue weighted by Gasteiger charge is 2.37. The summed E-state index contributed by atoms with van der Waals surface area (Å²) >= 11 is 5.56. The van der Waals surface area contributed by atoms with Crippen LogP contribution >= 0.6 is 11.6 Å². The molecule has 0 aliphatic heterocycles. The van der Waals surface area contributed by atoms with Gasteiger partial charge in [0.05, 0.1) is 10.5 Å². The molecular weight excluding hydrogens is 367 g/mol. The van der Waals surface area contributed by atoms with E-state index < -0.39 is 26.7 Å². The fourth-order valence-corrected chi connectivity index (χ4v) is 3.62. The Morgan fingerprint density at radius 3 is 2.67 bits per heavy atom. The first-order valence-corrected chi connectivity index (χ1v) is 8.79. The van der Waals surface area contributed by atoms with Crippen LogP contribution in [0, 0.1) is 5.92 Å². The maximum Gasteiger partial charge on any atom is 0.417 e. The van der Waals surface area contributed by atoms with Crippen LogP contribution in [0.1, 0.15) is 12.5 Å². The molecule has 0 aliphatic carbocycles. The van der Waals surface area contributed by atoms with Crippen molar-refractivity contribution in [3.8, 4) is 0 Å². The van der Waals surface area contributed by atoms with Gasteiger partial charge in [0.15, 0.2) is 0 Å². The predicted molar refractivity (Wildman–Crippen MR) is 83.0 cm³/mol. The molecule has 0 spiro atoms. The first-order valence-electron chi connectivity index (χ1n) is 6.93. The van der Waals surface area contributed by atoms with E-state index in [0.717, 1.165) is 12.1 Å². The van der Waals surface area contributed by atoms with E-state index in [4.69, 9.17) is 11.6 Å². The Morgan fingerprint density at radius 2 is 2.08 bits per heavy atom. The lowest BCUT2D eigenvalue weighted by Gasteiger charge is -2.16. The van der Waals surface area contributed by atoms with E-state index in [1.807, 2.05) is 0 Å². The third kappa shape index (κ3) is 4.71. The molecule has 1 heterocycles. The van der Waals surface area contributed by atoms with Gasteiger partial charge in [0.1, 0.15) is 0 Å². The molecule has 0 aliphatic rings. The number of alkyl halides is 3. The molecule has 5 nitrogen and oxygen atoms in total. The van der Waals surface area contributed by atoms with Crippen molar-refractivity contribution in [2.75, 3.05) is 6.54 Å². The Labute approximate surface area is 142 Å². The zero-order valence-corrected chi connectivity index (χ0v) is 14.2. The number of benzene rings is 1. The minimum Gasteiger partial charge on any atom is -0.272 e. The number of hydrogen-bond acceptors (Lipinski definition) is 3. The standard InChI is InChI=1S/C14H15ClF3N3O2S/c1-10(9-21-6-2-5-19-21)8-20-24(22,23)13-4-3-11(15)7-12(13)14(16,17)18/h2-7,10,20H,8-9H2,1H3. The van der Waals surface area contributed by atoms with E-state index in [1.54, 1.807) is 30.1 Å². The molecule has 24 heavy (non-hydrogen) atoms. The summed E-state index contributed by atoms with van der Waals surface area (Å²) in [7, 11) is -4.32. The monoisotopic (exact) mass is 381 g/mol. The first-order chi connectivity index (χ1) is 11.1. The number of nitrogens with zero attached hydrogens (tertiary/aromatic N) is 2. The number of aromatic nitrogens is 2. The lowest BCUT2D eigenvalue weighted by atomic mass is 10.2. The van der Waals surface area contributed by atoms with E-state index >= 15 is 0 Å². The summed E-state index contributed by atoms with van der Waals surface area (Å²) in [5.41, 5.74) is -1.29. The van der Waals surface area contributed by atoms with Gasteiger partial charge >= 0.3 is 6.18 Å². The molecule has 1 unspecified atom stereocenters. The third-order valence-corrected chi connectivity index (χ3v) is 4.93. The quantitative estimate of drug-likeness (QED) is 0.836. The largest absolute Gasteiger partial charge is 0.417 e. The summed E-state index contributed by atoms with van der Waals surface area (Å²) in [5, 5.41) is 3.80. The highest BCUT2D eigenvalue weighted by Crippen LogP contribution is 2.35. The zero-order valence-electron chi connectivity index (χ0n) is 12.6. The van der Waals surface area contributed by atoms with Crippen LogP contribution in [0.4, 0.5) is 13.2 Å². The summed E-state index contributed by atoms with van der Waals surface area (Å²) in [6.45, 7) is 2.17. The molecule has 1 atom stereocenters. The number of halogens is 4. The second-order valence-corrected chi connectivity index (χ2v) is 7.50. The minimum absolute atomic E-state index is 0.0257. The van der Waals surface area contributed by atoms with Crippen LogP contribution in [0.15, 0.2) is 41.6 Å². The Morgan fingerprint density at radius 1 is 1.38 bits per heavy atom. The number of hydrogen-bond donors (Lipinski definition) is 1. The summed E-state index contributed by atoms with van der Waals surface area (Å²) in [6, 6.07) is 4.29. The van der Waals surface area contributed by atoms with Crippen molar-refractivity contribution in [2.24, 2.45) is 5.92 Å². The molecule has 0 bridgehead atoms. The Kier molecular flexibility index (Phi) is 5.56. The van der Waals surface area contributed by atoms with Gasteiger partial charge in [0.25, 0.3) is 0 Å². The molecule has 10 heteroatoms. The van der Waals surface area contributed by atoms with Crippen LogP contribution in [-0.4, -0.2) is 24.7 Å². The highest BCUT2D eigenvalue weighted by atomic mass is 35.5. The van der Waals surface area contributed by atoms with E-state index in [1.165, 1.54) is 0 Å². The number of nitrogens with one attached hydrogen (secondary N) is 1. The van der Waals surface area contributed by atoms with Gasteiger partial charge < -0.3 is 0 Å². The van der Waals surface area contributed by atoms with Gasteiger partial charge in [0.2, 0.25) is 10.0 Å². The van der Waals surface area contributed by atoms with E-state index in [2.05, 4.69) is 9.82 Å². The van der Waals surface area contributed by atoms with Gasteiger partial charge in [-0.25, -0.2) is 13.1 Å². The van der Waals surface area contributed by atoms with Crippen molar-refractivity contribution >= 4 is 21.6 Å². The van der Waals surface area contributed by atoms with E-state index in [0.29, 0.717) is 12.6 Å². The molecule has 0 fully saturated rings. The van der Waals surface area contributed by atoms with Crippen molar-refractivity contribution in [2.45, 2.75) is 24.5 Å². The predicted octanol–water partition coefficient (Wildman–Crippen LogP) is 3.17. The zero-order chi connectivity index (χ0) is 18.0. The molecule has 2 rings (SSSR count). The summed E-state index contributed by atoms with van der Waals surface area (Å²) in [6.07, 6.45) is -1.53. The van der Waals surface area contributed by atoms with Crippen LogP contribution in [-0.2, 0) is 22.7 Å². The molecule has 0 saturated heterocycles. The van der Waals surface area contributed by atoms with Gasteiger partial charge in [-0.1, -0.05) is 18.5 Å². The summed E-state index contributed by atoms with van der Waals surface area (Å²) < 4.78 is 67.4. The number of sulfonamides is 1. The molecule has 0 saturated carbocycles. The van der Waals surface area contributed by atoms with Crippen LogP contribution in [0.3, 0.4) is 0 Å². The first kappa shape index (κ1) is 18.8. The molecule has 0 amide bonds. The second kappa shape index (κ2) is 7.12. The van der Waals surface area contributed by atoms with E-state index in [9.17, 15) is 21.6 Å². The van der Waals surface area contributed by atoms with Crippen molar-refractivity contribution in [3.05, 3.63) is 47.2 Å². The van der Waals surface area contributed by atoms with Crippen LogP contribution < -0.4 is 4.72 Å². The lowest BCUT2D eigenvalue weighted by Crippen LogP contribution is -2.31. The van der Waals surface area contributed by atoms with Gasteiger partial charge in [0, 0.05) is 30.5 Å². The maximum atomic E-state index is 13.0. The van der Waals surface area contributed by atoms with Crippen LogP contribution in [0.2, 0.25) is 5.02 Å². The van der Waals surface area contributed by atoms with Crippen molar-refractivity contribution in [1.82, 2.24) is 14.5 Å².